The molecule has 0 saturated carbocycles. The van der Waals surface area contributed by atoms with Crippen LogP contribution in [-0.2, 0) is 9.53 Å². The van der Waals surface area contributed by atoms with Gasteiger partial charge in [-0.1, -0.05) is 0 Å². The Morgan fingerprint density at radius 2 is 2.44 bits per heavy atom. The van der Waals surface area contributed by atoms with Crippen LogP contribution in [0.25, 0.3) is 0 Å². The van der Waals surface area contributed by atoms with Gasteiger partial charge in [0.25, 0.3) is 0 Å². The van der Waals surface area contributed by atoms with E-state index in [1.165, 1.54) is 6.42 Å². The monoisotopic (exact) mass is 270 g/mol. The molecule has 0 bridgehead atoms. The van der Waals surface area contributed by atoms with Gasteiger partial charge in [0.15, 0.2) is 5.82 Å². The maximum atomic E-state index is 11.6. The third-order valence-corrected chi connectivity index (χ3v) is 3.86. The second-order valence-corrected chi connectivity index (χ2v) is 5.34. The highest BCUT2D eigenvalue weighted by atomic mass is 32.2. The van der Waals surface area contributed by atoms with E-state index in [-0.39, 0.29) is 5.91 Å². The zero-order chi connectivity index (χ0) is 12.8. The minimum Gasteiger partial charge on any atom is -0.377 e. The van der Waals surface area contributed by atoms with Crippen molar-refractivity contribution in [3.8, 4) is 0 Å². The number of aryl methyl sites for hydroxylation is 1. The largest absolute Gasteiger partial charge is 0.377 e. The molecule has 6 nitrogen and oxygen atoms in total. The van der Waals surface area contributed by atoms with Crippen LogP contribution >= 0.6 is 11.8 Å². The summed E-state index contributed by atoms with van der Waals surface area (Å²) in [6.07, 6.45) is 3.81. The predicted octanol–water partition coefficient (Wildman–Crippen LogP) is 1.35. The highest BCUT2D eigenvalue weighted by molar-refractivity contribution is 8.00. The van der Waals surface area contributed by atoms with Crippen LogP contribution in [0.15, 0.2) is 0 Å². The van der Waals surface area contributed by atoms with E-state index >= 15 is 0 Å². The zero-order valence-electron chi connectivity index (χ0n) is 10.4. The van der Waals surface area contributed by atoms with Crippen molar-refractivity contribution in [1.82, 2.24) is 15.4 Å². The first-order chi connectivity index (χ1) is 8.75. The molecule has 0 aromatic carbocycles. The predicted molar refractivity (Wildman–Crippen MR) is 70.7 cm³/mol. The van der Waals surface area contributed by atoms with Crippen LogP contribution in [0.2, 0.25) is 0 Å². The van der Waals surface area contributed by atoms with Gasteiger partial charge in [-0.25, -0.2) is 0 Å². The SMILES string of the molecule is Cc1n[nH]nc1NC(=O)CSCC1CCCCO1. The van der Waals surface area contributed by atoms with Crippen LogP contribution in [0, 0.1) is 6.92 Å². The lowest BCUT2D eigenvalue weighted by molar-refractivity contribution is -0.113. The summed E-state index contributed by atoms with van der Waals surface area (Å²) >= 11 is 1.60. The van der Waals surface area contributed by atoms with Crippen LogP contribution in [0.1, 0.15) is 25.0 Å². The van der Waals surface area contributed by atoms with Crippen LogP contribution in [0.5, 0.6) is 0 Å². The fourth-order valence-electron chi connectivity index (χ4n) is 1.79. The van der Waals surface area contributed by atoms with Crippen molar-refractivity contribution in [2.75, 3.05) is 23.4 Å². The van der Waals surface area contributed by atoms with E-state index in [4.69, 9.17) is 4.74 Å². The Kier molecular flexibility index (Phi) is 5.00. The smallest absolute Gasteiger partial charge is 0.235 e. The summed E-state index contributed by atoms with van der Waals surface area (Å²) in [4.78, 5) is 11.6. The van der Waals surface area contributed by atoms with Crippen LogP contribution < -0.4 is 5.32 Å². The Bertz CT molecular complexity index is 390. The molecule has 1 aliphatic rings. The number of aromatic amines is 1. The molecule has 0 spiro atoms. The molecular weight excluding hydrogens is 252 g/mol. The standard InChI is InChI=1S/C11H18N4O2S/c1-8-11(14-15-13-8)12-10(16)7-18-6-9-4-2-3-5-17-9/h9H,2-7H2,1H3,(H2,12,13,14,15,16). The number of H-pyrrole nitrogens is 1. The second kappa shape index (κ2) is 6.75. The number of anilines is 1. The molecule has 2 N–H and O–H groups in total. The molecule has 1 unspecified atom stereocenters. The fourth-order valence-corrected chi connectivity index (χ4v) is 2.69. The topological polar surface area (TPSA) is 79.9 Å². The number of hydrogen-bond acceptors (Lipinski definition) is 5. The number of nitrogens with zero attached hydrogens (tertiary/aromatic N) is 2. The van der Waals surface area contributed by atoms with Gasteiger partial charge in [0, 0.05) is 12.4 Å². The summed E-state index contributed by atoms with van der Waals surface area (Å²) in [5.41, 5.74) is 0.698. The van der Waals surface area contributed by atoms with E-state index < -0.39 is 0 Å². The average Bonchev–Trinajstić information content (AvgIpc) is 2.76. The molecule has 0 aliphatic carbocycles. The van der Waals surface area contributed by atoms with E-state index in [0.717, 1.165) is 25.2 Å². The highest BCUT2D eigenvalue weighted by Crippen LogP contribution is 2.17. The molecule has 1 atom stereocenters. The fraction of sp³-hybridized carbons (Fsp3) is 0.727. The average molecular weight is 270 g/mol. The molecule has 7 heteroatoms. The number of thioether (sulfide) groups is 1. The van der Waals surface area contributed by atoms with Crippen molar-refractivity contribution in [3.63, 3.8) is 0 Å². The Morgan fingerprint density at radius 1 is 1.56 bits per heavy atom. The van der Waals surface area contributed by atoms with E-state index in [1.807, 2.05) is 0 Å². The molecule has 1 aliphatic heterocycles. The number of carbonyl (C=O) groups is 1. The zero-order valence-corrected chi connectivity index (χ0v) is 11.3. The van der Waals surface area contributed by atoms with Gasteiger partial charge < -0.3 is 10.1 Å². The van der Waals surface area contributed by atoms with Gasteiger partial charge in [0.05, 0.1) is 11.9 Å². The van der Waals surface area contributed by atoms with Gasteiger partial charge in [-0.2, -0.15) is 10.3 Å². The molecule has 0 radical (unpaired) electrons. The lowest BCUT2D eigenvalue weighted by Crippen LogP contribution is -2.23. The maximum Gasteiger partial charge on any atom is 0.235 e. The summed E-state index contributed by atoms with van der Waals surface area (Å²) in [5.74, 6) is 1.76. The molecule has 1 aromatic rings. The number of amides is 1. The number of nitrogens with one attached hydrogen (secondary N) is 2. The van der Waals surface area contributed by atoms with Gasteiger partial charge in [0.1, 0.15) is 5.69 Å². The minimum atomic E-state index is -0.0483. The summed E-state index contributed by atoms with van der Waals surface area (Å²) in [5, 5.41) is 12.9. The van der Waals surface area contributed by atoms with Crippen molar-refractivity contribution in [1.29, 1.82) is 0 Å². The lowest BCUT2D eigenvalue weighted by atomic mass is 10.1. The van der Waals surface area contributed by atoms with E-state index in [9.17, 15) is 4.79 Å². The summed E-state index contributed by atoms with van der Waals surface area (Å²) in [7, 11) is 0. The number of carbonyl (C=O) groups excluding carboxylic acids is 1. The Morgan fingerprint density at radius 3 is 3.11 bits per heavy atom. The van der Waals surface area contributed by atoms with Gasteiger partial charge in [0.2, 0.25) is 5.91 Å². The molecule has 1 saturated heterocycles. The first kappa shape index (κ1) is 13.4. The minimum absolute atomic E-state index is 0.0483. The molecule has 2 rings (SSSR count). The van der Waals surface area contributed by atoms with Crippen LogP contribution in [0.3, 0.4) is 0 Å². The molecule has 1 amide bonds. The van der Waals surface area contributed by atoms with Crippen LogP contribution in [-0.4, -0.2) is 45.5 Å². The Hall–Kier alpha value is -1.08. The first-order valence-corrected chi connectivity index (χ1v) is 7.28. The molecule has 1 aromatic heterocycles. The lowest BCUT2D eigenvalue weighted by Gasteiger charge is -2.21. The second-order valence-electron chi connectivity index (χ2n) is 4.31. The Labute approximate surface area is 110 Å². The number of hydrogen-bond donors (Lipinski definition) is 2. The van der Waals surface area contributed by atoms with Crippen molar-refractivity contribution >= 4 is 23.5 Å². The summed E-state index contributed by atoms with van der Waals surface area (Å²) in [6, 6.07) is 0. The van der Waals surface area contributed by atoms with Gasteiger partial charge in [-0.3, -0.25) is 4.79 Å². The highest BCUT2D eigenvalue weighted by Gasteiger charge is 2.15. The first-order valence-electron chi connectivity index (χ1n) is 6.12. The van der Waals surface area contributed by atoms with Gasteiger partial charge in [-0.05, 0) is 26.2 Å². The van der Waals surface area contributed by atoms with E-state index in [1.54, 1.807) is 18.7 Å². The van der Waals surface area contributed by atoms with Crippen molar-refractivity contribution in [2.45, 2.75) is 32.3 Å². The normalized spacial score (nSPS) is 19.7. The van der Waals surface area contributed by atoms with E-state index in [0.29, 0.717) is 23.4 Å². The van der Waals surface area contributed by atoms with Gasteiger partial charge in [-0.15, -0.1) is 16.9 Å². The van der Waals surface area contributed by atoms with Crippen molar-refractivity contribution in [3.05, 3.63) is 5.69 Å². The number of aromatic nitrogens is 3. The van der Waals surface area contributed by atoms with Crippen molar-refractivity contribution in [2.24, 2.45) is 0 Å². The Balaban J connectivity index is 1.64. The molecular formula is C11H18N4O2S. The number of ether oxygens (including phenoxy) is 1. The molecule has 18 heavy (non-hydrogen) atoms. The van der Waals surface area contributed by atoms with E-state index in [2.05, 4.69) is 20.7 Å². The van der Waals surface area contributed by atoms with Crippen LogP contribution in [0.4, 0.5) is 5.82 Å². The van der Waals surface area contributed by atoms with Gasteiger partial charge >= 0.3 is 0 Å². The molecule has 100 valence electrons. The third kappa shape index (κ3) is 3.99. The third-order valence-electron chi connectivity index (χ3n) is 2.79. The summed E-state index contributed by atoms with van der Waals surface area (Å²) in [6.45, 7) is 2.65. The maximum absolute atomic E-state index is 11.6. The number of rotatable bonds is 5. The molecule has 1 fully saturated rings. The molecule has 2 heterocycles. The summed E-state index contributed by atoms with van der Waals surface area (Å²) < 4.78 is 5.60. The quantitative estimate of drug-likeness (QED) is 0.844. The van der Waals surface area contributed by atoms with Crippen molar-refractivity contribution < 1.29 is 9.53 Å².